The first-order valence-electron chi connectivity index (χ1n) is 7.59. The summed E-state index contributed by atoms with van der Waals surface area (Å²) >= 11 is 0. The molecule has 2 aliphatic rings. The van der Waals surface area contributed by atoms with Crippen LogP contribution < -0.4 is 4.72 Å². The van der Waals surface area contributed by atoms with Gasteiger partial charge in [-0.15, -0.1) is 0 Å². The number of hydrogen-bond donors (Lipinski definition) is 1. The first-order valence-corrected chi connectivity index (χ1v) is 9.08. The van der Waals surface area contributed by atoms with E-state index < -0.39 is 16.2 Å². The molecule has 2 aromatic rings. The van der Waals surface area contributed by atoms with E-state index in [2.05, 4.69) is 9.71 Å². The standard InChI is InChI=1S/C16H17FN2O2S/c17-11-7-12(8-11)19-22(20,21)16-6-10-2-1-3-13(10)15-9-18-5-4-14(15)16/h4-6,9,11-12,19H,1-3,7-8H2. The fraction of sp³-hybridized carbons (Fsp3) is 0.438. The smallest absolute Gasteiger partial charge is 0.241 e. The average Bonchev–Trinajstić information content (AvgIpc) is 2.93. The summed E-state index contributed by atoms with van der Waals surface area (Å²) in [5, 5.41) is 1.63. The number of aryl methyl sites for hydroxylation is 2. The minimum atomic E-state index is -3.64. The molecule has 1 saturated carbocycles. The molecule has 1 fully saturated rings. The maximum absolute atomic E-state index is 12.9. The Labute approximate surface area is 128 Å². The summed E-state index contributed by atoms with van der Waals surface area (Å²) in [5.74, 6) is 0. The number of rotatable bonds is 3. The molecule has 4 nitrogen and oxygen atoms in total. The van der Waals surface area contributed by atoms with Gasteiger partial charge in [-0.2, -0.15) is 0 Å². The van der Waals surface area contributed by atoms with E-state index in [1.54, 1.807) is 24.5 Å². The molecule has 0 unspecified atom stereocenters. The fourth-order valence-corrected chi connectivity index (χ4v) is 4.99. The molecule has 116 valence electrons. The Kier molecular flexibility index (Phi) is 3.20. The molecule has 0 bridgehead atoms. The number of sulfonamides is 1. The van der Waals surface area contributed by atoms with E-state index >= 15 is 0 Å². The highest BCUT2D eigenvalue weighted by atomic mass is 32.2. The van der Waals surface area contributed by atoms with Crippen LogP contribution >= 0.6 is 0 Å². The lowest BCUT2D eigenvalue weighted by Crippen LogP contribution is -2.45. The third-order valence-electron chi connectivity index (χ3n) is 4.67. The molecule has 0 aliphatic heterocycles. The zero-order valence-electron chi connectivity index (χ0n) is 12.0. The lowest BCUT2D eigenvalue weighted by Gasteiger charge is -2.30. The Morgan fingerprint density at radius 2 is 2.05 bits per heavy atom. The van der Waals surface area contributed by atoms with Gasteiger partial charge in [0.2, 0.25) is 10.0 Å². The minimum absolute atomic E-state index is 0.268. The summed E-state index contributed by atoms with van der Waals surface area (Å²) in [6.07, 6.45) is 5.93. The SMILES string of the molecule is O=S(=O)(NC1CC(F)C1)c1cc2c(c3cnccc13)CCC2. The molecule has 0 amide bonds. The van der Waals surface area contributed by atoms with Crippen molar-refractivity contribution in [3.8, 4) is 0 Å². The molecule has 1 aromatic heterocycles. The molecule has 1 heterocycles. The highest BCUT2D eigenvalue weighted by Crippen LogP contribution is 2.34. The first kappa shape index (κ1) is 14.1. The van der Waals surface area contributed by atoms with Gasteiger partial charge < -0.3 is 0 Å². The van der Waals surface area contributed by atoms with Crippen molar-refractivity contribution in [2.24, 2.45) is 0 Å². The van der Waals surface area contributed by atoms with Crippen LogP contribution in [0.4, 0.5) is 4.39 Å². The van der Waals surface area contributed by atoms with Crippen LogP contribution in [0.3, 0.4) is 0 Å². The highest BCUT2D eigenvalue weighted by Gasteiger charge is 2.33. The van der Waals surface area contributed by atoms with Crippen molar-refractivity contribution in [2.75, 3.05) is 0 Å². The van der Waals surface area contributed by atoms with Crippen molar-refractivity contribution < 1.29 is 12.8 Å². The Morgan fingerprint density at radius 1 is 1.23 bits per heavy atom. The Balaban J connectivity index is 1.83. The van der Waals surface area contributed by atoms with Gasteiger partial charge in [0.1, 0.15) is 6.17 Å². The topological polar surface area (TPSA) is 59.1 Å². The largest absolute Gasteiger partial charge is 0.264 e. The van der Waals surface area contributed by atoms with Crippen molar-refractivity contribution in [3.05, 3.63) is 35.7 Å². The van der Waals surface area contributed by atoms with Crippen LogP contribution in [0, 0.1) is 0 Å². The first-order chi connectivity index (χ1) is 10.5. The molecular weight excluding hydrogens is 303 g/mol. The van der Waals surface area contributed by atoms with E-state index in [1.807, 2.05) is 0 Å². The normalized spacial score (nSPS) is 24.2. The van der Waals surface area contributed by atoms with Crippen LogP contribution in [0.1, 0.15) is 30.4 Å². The van der Waals surface area contributed by atoms with Crippen LogP contribution in [0.15, 0.2) is 29.4 Å². The number of nitrogens with one attached hydrogen (secondary N) is 1. The zero-order valence-corrected chi connectivity index (χ0v) is 12.9. The van der Waals surface area contributed by atoms with E-state index in [0.717, 1.165) is 30.2 Å². The van der Waals surface area contributed by atoms with Gasteiger partial charge in [-0.05, 0) is 55.4 Å². The van der Waals surface area contributed by atoms with Crippen molar-refractivity contribution in [3.63, 3.8) is 0 Å². The third-order valence-corrected chi connectivity index (χ3v) is 6.23. The van der Waals surface area contributed by atoms with Gasteiger partial charge in [0.05, 0.1) is 4.90 Å². The summed E-state index contributed by atoms with van der Waals surface area (Å²) < 4.78 is 41.0. The second-order valence-electron chi connectivity index (χ2n) is 6.17. The Hall–Kier alpha value is -1.53. The lowest BCUT2D eigenvalue weighted by atomic mass is 9.92. The van der Waals surface area contributed by atoms with E-state index in [4.69, 9.17) is 0 Å². The minimum Gasteiger partial charge on any atom is -0.264 e. The number of hydrogen-bond acceptors (Lipinski definition) is 3. The number of halogens is 1. The van der Waals surface area contributed by atoms with Gasteiger partial charge in [0.25, 0.3) is 0 Å². The van der Waals surface area contributed by atoms with Crippen LogP contribution in [0.25, 0.3) is 10.8 Å². The highest BCUT2D eigenvalue weighted by molar-refractivity contribution is 7.89. The number of nitrogens with zero attached hydrogens (tertiary/aromatic N) is 1. The van der Waals surface area contributed by atoms with Gasteiger partial charge in [0, 0.05) is 29.2 Å². The van der Waals surface area contributed by atoms with E-state index in [9.17, 15) is 12.8 Å². The van der Waals surface area contributed by atoms with Crippen molar-refractivity contribution in [1.82, 2.24) is 9.71 Å². The quantitative estimate of drug-likeness (QED) is 0.945. The van der Waals surface area contributed by atoms with Gasteiger partial charge in [-0.25, -0.2) is 17.5 Å². The molecule has 4 rings (SSSR count). The molecule has 1 N–H and O–H groups in total. The molecule has 22 heavy (non-hydrogen) atoms. The van der Waals surface area contributed by atoms with Gasteiger partial charge in [-0.1, -0.05) is 0 Å². The van der Waals surface area contributed by atoms with E-state index in [1.165, 1.54) is 5.56 Å². The van der Waals surface area contributed by atoms with Crippen LogP contribution in [-0.2, 0) is 22.9 Å². The number of aromatic nitrogens is 1. The molecule has 0 radical (unpaired) electrons. The van der Waals surface area contributed by atoms with Gasteiger partial charge in [0.15, 0.2) is 0 Å². The predicted octanol–water partition coefficient (Wildman–Crippen LogP) is 2.50. The third kappa shape index (κ3) is 2.21. The van der Waals surface area contributed by atoms with Gasteiger partial charge >= 0.3 is 0 Å². The van der Waals surface area contributed by atoms with Crippen molar-refractivity contribution in [1.29, 1.82) is 0 Å². The number of fused-ring (bicyclic) bond motifs is 3. The summed E-state index contributed by atoms with van der Waals surface area (Å²) in [5.41, 5.74) is 2.31. The molecular formula is C16H17FN2O2S. The lowest BCUT2D eigenvalue weighted by molar-refractivity contribution is 0.171. The Bertz CT molecular complexity index is 845. The average molecular weight is 320 g/mol. The molecule has 2 aliphatic carbocycles. The van der Waals surface area contributed by atoms with Crippen LogP contribution in [-0.4, -0.2) is 25.6 Å². The molecule has 1 aromatic carbocycles. The maximum Gasteiger partial charge on any atom is 0.241 e. The fourth-order valence-electron chi connectivity index (χ4n) is 3.47. The summed E-state index contributed by atoms with van der Waals surface area (Å²) in [4.78, 5) is 4.45. The van der Waals surface area contributed by atoms with Crippen LogP contribution in [0.5, 0.6) is 0 Å². The molecule has 0 saturated heterocycles. The monoisotopic (exact) mass is 320 g/mol. The second kappa shape index (κ2) is 4.99. The second-order valence-corrected chi connectivity index (χ2v) is 7.86. The van der Waals surface area contributed by atoms with E-state index in [-0.39, 0.29) is 18.9 Å². The molecule has 0 spiro atoms. The number of benzene rings is 1. The van der Waals surface area contributed by atoms with Gasteiger partial charge in [-0.3, -0.25) is 4.98 Å². The summed E-state index contributed by atoms with van der Waals surface area (Å²) in [7, 11) is -3.64. The zero-order chi connectivity index (χ0) is 15.3. The predicted molar refractivity (Wildman–Crippen MR) is 82.0 cm³/mol. The maximum atomic E-state index is 12.9. The molecule has 6 heteroatoms. The number of alkyl halides is 1. The molecule has 0 atom stereocenters. The van der Waals surface area contributed by atoms with Crippen LogP contribution in [0.2, 0.25) is 0 Å². The van der Waals surface area contributed by atoms with E-state index in [0.29, 0.717) is 10.3 Å². The van der Waals surface area contributed by atoms with Crippen molar-refractivity contribution in [2.45, 2.75) is 49.2 Å². The Morgan fingerprint density at radius 3 is 2.82 bits per heavy atom. The van der Waals surface area contributed by atoms with Crippen molar-refractivity contribution >= 4 is 20.8 Å². The summed E-state index contributed by atoms with van der Waals surface area (Å²) in [6.45, 7) is 0. The summed E-state index contributed by atoms with van der Waals surface area (Å²) in [6, 6.07) is 3.25. The number of pyridine rings is 1.